The van der Waals surface area contributed by atoms with E-state index in [-0.39, 0.29) is 5.78 Å². The Kier molecular flexibility index (Phi) is 4.63. The maximum Gasteiger partial charge on any atom is 0.134 e. The molecule has 0 aromatic heterocycles. The minimum atomic E-state index is 0.215. The summed E-state index contributed by atoms with van der Waals surface area (Å²) < 4.78 is 0. The molecule has 1 aromatic rings. The summed E-state index contributed by atoms with van der Waals surface area (Å²) >= 11 is 5.82. The fraction of sp³-hybridized carbons (Fsp3) is 0.364. The number of hydrogen-bond donors (Lipinski definition) is 1. The topological polar surface area (TPSA) is 43.1 Å². The Morgan fingerprint density at radius 2 is 2.14 bits per heavy atom. The van der Waals surface area contributed by atoms with Gasteiger partial charge in [-0.2, -0.15) is 0 Å². The van der Waals surface area contributed by atoms with E-state index in [0.29, 0.717) is 24.4 Å². The normalized spacial score (nSPS) is 10.1. The molecule has 0 bridgehead atoms. The molecule has 0 heterocycles. The van der Waals surface area contributed by atoms with E-state index in [1.54, 1.807) is 0 Å². The average Bonchev–Trinajstić information content (AvgIpc) is 2.15. The number of carbonyl (C=O) groups excluding carboxylic acids is 1. The summed E-state index contributed by atoms with van der Waals surface area (Å²) in [5, 5.41) is 0.716. The van der Waals surface area contributed by atoms with Crippen LogP contribution in [0.1, 0.15) is 18.4 Å². The zero-order valence-corrected chi connectivity index (χ0v) is 8.76. The molecule has 0 unspecified atom stereocenters. The Balaban J connectivity index is 2.41. The number of benzene rings is 1. The van der Waals surface area contributed by atoms with Gasteiger partial charge in [0.05, 0.1) is 0 Å². The van der Waals surface area contributed by atoms with Crippen molar-refractivity contribution in [3.05, 3.63) is 34.9 Å². The van der Waals surface area contributed by atoms with Crippen molar-refractivity contribution in [3.8, 4) is 0 Å². The summed E-state index contributed by atoms with van der Waals surface area (Å²) in [5.41, 5.74) is 6.38. The van der Waals surface area contributed by atoms with Crippen molar-refractivity contribution in [1.82, 2.24) is 0 Å². The van der Waals surface area contributed by atoms with Crippen LogP contribution in [-0.2, 0) is 11.2 Å². The molecule has 0 aliphatic rings. The maximum atomic E-state index is 11.2. The molecule has 14 heavy (non-hydrogen) atoms. The van der Waals surface area contributed by atoms with Crippen molar-refractivity contribution >= 4 is 17.4 Å². The zero-order chi connectivity index (χ0) is 10.4. The van der Waals surface area contributed by atoms with Crippen LogP contribution in [0, 0.1) is 0 Å². The minimum absolute atomic E-state index is 0.215. The molecular weight excluding hydrogens is 198 g/mol. The molecule has 0 aliphatic heterocycles. The molecule has 76 valence electrons. The monoisotopic (exact) mass is 211 g/mol. The van der Waals surface area contributed by atoms with Gasteiger partial charge in [0, 0.05) is 17.9 Å². The number of Topliss-reactive ketones (excluding diaryl/α,β-unsaturated/α-hetero) is 1. The molecule has 0 fully saturated rings. The molecule has 2 N–H and O–H groups in total. The smallest absolute Gasteiger partial charge is 0.134 e. The van der Waals surface area contributed by atoms with Crippen LogP contribution < -0.4 is 5.73 Å². The fourth-order valence-corrected chi connectivity index (χ4v) is 1.48. The van der Waals surface area contributed by atoms with Gasteiger partial charge in [0.15, 0.2) is 0 Å². The standard InChI is InChI=1S/C11H14ClNO/c12-10-3-1-2-9(8-10)4-5-11(14)6-7-13/h1-3,8H,4-7,13H2. The van der Waals surface area contributed by atoms with Crippen LogP contribution in [0.5, 0.6) is 0 Å². The third kappa shape index (κ3) is 3.90. The van der Waals surface area contributed by atoms with Crippen molar-refractivity contribution in [2.24, 2.45) is 5.73 Å². The number of nitrogens with two attached hydrogens (primary N) is 1. The second-order valence-corrected chi connectivity index (χ2v) is 3.64. The van der Waals surface area contributed by atoms with Gasteiger partial charge in [0.25, 0.3) is 0 Å². The van der Waals surface area contributed by atoms with Crippen LogP contribution in [0.15, 0.2) is 24.3 Å². The lowest BCUT2D eigenvalue weighted by molar-refractivity contribution is -0.118. The van der Waals surface area contributed by atoms with Crippen LogP contribution in [0.4, 0.5) is 0 Å². The summed E-state index contributed by atoms with van der Waals surface area (Å²) in [4.78, 5) is 11.2. The van der Waals surface area contributed by atoms with E-state index in [1.807, 2.05) is 24.3 Å². The van der Waals surface area contributed by atoms with Gasteiger partial charge in [0.2, 0.25) is 0 Å². The van der Waals surface area contributed by atoms with Crippen molar-refractivity contribution in [2.45, 2.75) is 19.3 Å². The highest BCUT2D eigenvalue weighted by Gasteiger charge is 2.01. The summed E-state index contributed by atoms with van der Waals surface area (Å²) in [6.45, 7) is 0.439. The number of rotatable bonds is 5. The predicted molar refractivity (Wildman–Crippen MR) is 58.5 cm³/mol. The first-order valence-corrected chi connectivity index (χ1v) is 5.06. The highest BCUT2D eigenvalue weighted by Crippen LogP contribution is 2.12. The van der Waals surface area contributed by atoms with E-state index < -0.39 is 0 Å². The summed E-state index contributed by atoms with van der Waals surface area (Å²) in [6.07, 6.45) is 1.78. The van der Waals surface area contributed by atoms with Gasteiger partial charge >= 0.3 is 0 Å². The lowest BCUT2D eigenvalue weighted by Gasteiger charge is -2.00. The molecule has 0 aliphatic carbocycles. The van der Waals surface area contributed by atoms with Gasteiger partial charge in [-0.15, -0.1) is 0 Å². The number of carbonyl (C=O) groups is 1. The number of halogens is 1. The van der Waals surface area contributed by atoms with Crippen LogP contribution in [0.25, 0.3) is 0 Å². The Labute approximate surface area is 89.1 Å². The van der Waals surface area contributed by atoms with E-state index in [4.69, 9.17) is 17.3 Å². The number of ketones is 1. The first kappa shape index (κ1) is 11.2. The molecule has 1 aromatic carbocycles. The summed E-state index contributed by atoms with van der Waals surface area (Å²) in [5.74, 6) is 0.215. The average molecular weight is 212 g/mol. The Morgan fingerprint density at radius 1 is 1.36 bits per heavy atom. The van der Waals surface area contributed by atoms with Crippen molar-refractivity contribution in [3.63, 3.8) is 0 Å². The van der Waals surface area contributed by atoms with Crippen LogP contribution in [0.2, 0.25) is 5.02 Å². The molecule has 1 rings (SSSR count). The first-order chi connectivity index (χ1) is 6.72. The first-order valence-electron chi connectivity index (χ1n) is 4.68. The molecule has 0 saturated heterocycles. The second-order valence-electron chi connectivity index (χ2n) is 3.21. The lowest BCUT2D eigenvalue weighted by atomic mass is 10.1. The minimum Gasteiger partial charge on any atom is -0.330 e. The molecule has 0 atom stereocenters. The van der Waals surface area contributed by atoms with Crippen LogP contribution in [0.3, 0.4) is 0 Å². The molecule has 3 heteroatoms. The predicted octanol–water partition coefficient (Wildman–Crippen LogP) is 2.19. The third-order valence-corrected chi connectivity index (χ3v) is 2.24. The van der Waals surface area contributed by atoms with Crippen molar-refractivity contribution < 1.29 is 4.79 Å². The van der Waals surface area contributed by atoms with Gasteiger partial charge < -0.3 is 5.73 Å². The lowest BCUT2D eigenvalue weighted by Crippen LogP contribution is -2.08. The van der Waals surface area contributed by atoms with Crippen LogP contribution in [-0.4, -0.2) is 12.3 Å². The van der Waals surface area contributed by atoms with Gasteiger partial charge in [-0.25, -0.2) is 0 Å². The number of aryl methyl sites for hydroxylation is 1. The zero-order valence-electron chi connectivity index (χ0n) is 8.00. The Bertz CT molecular complexity index is 312. The van der Waals surface area contributed by atoms with Gasteiger partial charge in [-0.05, 0) is 30.7 Å². The van der Waals surface area contributed by atoms with Crippen LogP contribution >= 0.6 is 11.6 Å². The van der Waals surface area contributed by atoms with Gasteiger partial charge in [-0.3, -0.25) is 4.79 Å². The molecular formula is C11H14ClNO. The summed E-state index contributed by atoms with van der Waals surface area (Å²) in [6, 6.07) is 7.58. The largest absolute Gasteiger partial charge is 0.330 e. The van der Waals surface area contributed by atoms with E-state index in [9.17, 15) is 4.79 Å². The number of hydrogen-bond acceptors (Lipinski definition) is 2. The Morgan fingerprint density at radius 3 is 2.79 bits per heavy atom. The third-order valence-electron chi connectivity index (χ3n) is 2.00. The Hall–Kier alpha value is -0.860. The molecule has 2 nitrogen and oxygen atoms in total. The van der Waals surface area contributed by atoms with Gasteiger partial charge in [-0.1, -0.05) is 23.7 Å². The highest BCUT2D eigenvalue weighted by molar-refractivity contribution is 6.30. The summed E-state index contributed by atoms with van der Waals surface area (Å²) in [7, 11) is 0. The van der Waals surface area contributed by atoms with Gasteiger partial charge in [0.1, 0.15) is 5.78 Å². The molecule has 0 saturated carbocycles. The maximum absolute atomic E-state index is 11.2. The quantitative estimate of drug-likeness (QED) is 0.812. The second kappa shape index (κ2) is 5.78. The highest BCUT2D eigenvalue weighted by atomic mass is 35.5. The SMILES string of the molecule is NCCC(=O)CCc1cccc(Cl)c1. The molecule has 0 amide bonds. The van der Waals surface area contributed by atoms with Crippen molar-refractivity contribution in [2.75, 3.05) is 6.54 Å². The molecule has 0 spiro atoms. The van der Waals surface area contributed by atoms with E-state index in [2.05, 4.69) is 0 Å². The van der Waals surface area contributed by atoms with E-state index in [0.717, 1.165) is 12.0 Å². The van der Waals surface area contributed by atoms with Crippen molar-refractivity contribution in [1.29, 1.82) is 0 Å². The molecule has 0 radical (unpaired) electrons. The van der Waals surface area contributed by atoms with E-state index >= 15 is 0 Å². The van der Waals surface area contributed by atoms with E-state index in [1.165, 1.54) is 0 Å². The fourth-order valence-electron chi connectivity index (χ4n) is 1.26.